The second kappa shape index (κ2) is 7.61. The zero-order valence-corrected chi connectivity index (χ0v) is 13.0. The van der Waals surface area contributed by atoms with Crippen LogP contribution >= 0.6 is 11.6 Å². The van der Waals surface area contributed by atoms with Gasteiger partial charge in [-0.3, -0.25) is 9.59 Å². The van der Waals surface area contributed by atoms with Gasteiger partial charge < -0.3 is 10.6 Å². The first-order valence-corrected chi connectivity index (χ1v) is 7.43. The Labute approximate surface area is 134 Å². The number of benzene rings is 2. The predicted molar refractivity (Wildman–Crippen MR) is 88.5 cm³/mol. The molecule has 0 fully saturated rings. The molecule has 0 unspecified atom stereocenters. The highest BCUT2D eigenvalue weighted by Gasteiger charge is 2.10. The van der Waals surface area contributed by atoms with Gasteiger partial charge in [0.15, 0.2) is 0 Å². The summed E-state index contributed by atoms with van der Waals surface area (Å²) >= 11 is 5.81. The molecule has 5 heteroatoms. The van der Waals surface area contributed by atoms with Crippen LogP contribution in [-0.2, 0) is 0 Å². The fourth-order valence-corrected chi connectivity index (χ4v) is 2.00. The number of hydrogen-bond acceptors (Lipinski definition) is 2. The Morgan fingerprint density at radius 3 is 2.27 bits per heavy atom. The molecule has 0 bridgehead atoms. The third kappa shape index (κ3) is 4.33. The molecule has 0 aliphatic rings. The Morgan fingerprint density at radius 2 is 1.64 bits per heavy atom. The maximum Gasteiger partial charge on any atom is 0.255 e. The first-order valence-electron chi connectivity index (χ1n) is 7.05. The molecule has 0 saturated carbocycles. The second-order valence-electron chi connectivity index (χ2n) is 4.80. The van der Waals surface area contributed by atoms with Crippen LogP contribution in [0.1, 0.15) is 34.1 Å². The fraction of sp³-hybridized carbons (Fsp3) is 0.176. The summed E-state index contributed by atoms with van der Waals surface area (Å²) in [6.45, 7) is 2.59. The van der Waals surface area contributed by atoms with Crippen LogP contribution in [0.5, 0.6) is 0 Å². The van der Waals surface area contributed by atoms with Crippen LogP contribution in [0.25, 0.3) is 0 Å². The molecule has 0 aliphatic heterocycles. The van der Waals surface area contributed by atoms with Crippen LogP contribution in [0.15, 0.2) is 48.5 Å². The Hall–Kier alpha value is -2.33. The van der Waals surface area contributed by atoms with Gasteiger partial charge in [0.25, 0.3) is 11.8 Å². The van der Waals surface area contributed by atoms with Gasteiger partial charge in [-0.2, -0.15) is 0 Å². The number of carbonyl (C=O) groups excluding carboxylic acids is 2. The number of anilines is 1. The summed E-state index contributed by atoms with van der Waals surface area (Å²) in [6.07, 6.45) is 0.864. The lowest BCUT2D eigenvalue weighted by atomic mass is 10.1. The zero-order chi connectivity index (χ0) is 15.9. The standard InChI is InChI=1S/C17H17ClN2O2/c1-2-10-19-16(21)12-4-3-5-13(11-12)17(22)20-15-8-6-14(18)7-9-15/h3-9,11H,2,10H2,1H3,(H,19,21)(H,20,22). The van der Waals surface area contributed by atoms with E-state index in [0.717, 1.165) is 6.42 Å². The molecule has 2 aromatic rings. The van der Waals surface area contributed by atoms with E-state index in [1.807, 2.05) is 6.92 Å². The van der Waals surface area contributed by atoms with Crippen LogP contribution in [0, 0.1) is 0 Å². The number of nitrogens with one attached hydrogen (secondary N) is 2. The molecule has 114 valence electrons. The van der Waals surface area contributed by atoms with Gasteiger partial charge in [0, 0.05) is 28.4 Å². The number of rotatable bonds is 5. The van der Waals surface area contributed by atoms with Gasteiger partial charge in [-0.05, 0) is 48.9 Å². The van der Waals surface area contributed by atoms with Gasteiger partial charge in [0.05, 0.1) is 0 Å². The van der Waals surface area contributed by atoms with Crippen LogP contribution in [-0.4, -0.2) is 18.4 Å². The lowest BCUT2D eigenvalue weighted by molar-refractivity contribution is 0.0953. The molecule has 0 heterocycles. The molecule has 0 atom stereocenters. The monoisotopic (exact) mass is 316 g/mol. The molecule has 0 radical (unpaired) electrons. The summed E-state index contributed by atoms with van der Waals surface area (Å²) in [6, 6.07) is 13.5. The topological polar surface area (TPSA) is 58.2 Å². The zero-order valence-electron chi connectivity index (χ0n) is 12.2. The third-order valence-corrected chi connectivity index (χ3v) is 3.28. The van der Waals surface area contributed by atoms with E-state index in [1.165, 1.54) is 0 Å². The molecule has 22 heavy (non-hydrogen) atoms. The van der Waals surface area contributed by atoms with Crippen molar-refractivity contribution in [2.75, 3.05) is 11.9 Å². The number of amides is 2. The summed E-state index contributed by atoms with van der Waals surface area (Å²) < 4.78 is 0. The Bertz CT molecular complexity index is 669. The number of halogens is 1. The van der Waals surface area contributed by atoms with Crippen molar-refractivity contribution in [3.8, 4) is 0 Å². The van der Waals surface area contributed by atoms with E-state index in [9.17, 15) is 9.59 Å². The quantitative estimate of drug-likeness (QED) is 0.883. The van der Waals surface area contributed by atoms with Crippen molar-refractivity contribution in [1.29, 1.82) is 0 Å². The molecule has 0 aromatic heterocycles. The van der Waals surface area contributed by atoms with Gasteiger partial charge in [0.1, 0.15) is 0 Å². The molecular formula is C17H17ClN2O2. The van der Waals surface area contributed by atoms with Gasteiger partial charge in [0.2, 0.25) is 0 Å². The summed E-state index contributed by atoms with van der Waals surface area (Å²) in [5.74, 6) is -0.449. The van der Waals surface area contributed by atoms with Gasteiger partial charge in [-0.25, -0.2) is 0 Å². The fourth-order valence-electron chi connectivity index (χ4n) is 1.88. The summed E-state index contributed by atoms with van der Waals surface area (Å²) in [5, 5.41) is 6.16. The first kappa shape index (κ1) is 16.0. The average Bonchev–Trinajstić information content (AvgIpc) is 2.54. The Kier molecular flexibility index (Phi) is 5.55. The smallest absolute Gasteiger partial charge is 0.255 e. The van der Waals surface area contributed by atoms with Crippen molar-refractivity contribution in [3.05, 3.63) is 64.7 Å². The van der Waals surface area contributed by atoms with Crippen LogP contribution in [0.3, 0.4) is 0 Å². The van der Waals surface area contributed by atoms with E-state index in [0.29, 0.717) is 28.4 Å². The lowest BCUT2D eigenvalue weighted by Crippen LogP contribution is -2.24. The molecule has 4 nitrogen and oxygen atoms in total. The summed E-state index contributed by atoms with van der Waals surface area (Å²) in [4.78, 5) is 24.1. The highest BCUT2D eigenvalue weighted by molar-refractivity contribution is 6.30. The molecule has 2 N–H and O–H groups in total. The van der Waals surface area contributed by atoms with Crippen molar-refractivity contribution in [2.24, 2.45) is 0 Å². The van der Waals surface area contributed by atoms with Crippen molar-refractivity contribution >= 4 is 29.1 Å². The molecular weight excluding hydrogens is 300 g/mol. The van der Waals surface area contributed by atoms with E-state index >= 15 is 0 Å². The van der Waals surface area contributed by atoms with Crippen molar-refractivity contribution in [1.82, 2.24) is 5.32 Å². The minimum atomic E-state index is -0.271. The van der Waals surface area contributed by atoms with E-state index in [-0.39, 0.29) is 11.8 Å². The Morgan fingerprint density at radius 1 is 1.00 bits per heavy atom. The average molecular weight is 317 g/mol. The van der Waals surface area contributed by atoms with Crippen LogP contribution in [0.4, 0.5) is 5.69 Å². The van der Waals surface area contributed by atoms with Crippen molar-refractivity contribution in [3.63, 3.8) is 0 Å². The van der Waals surface area contributed by atoms with Gasteiger partial charge >= 0.3 is 0 Å². The predicted octanol–water partition coefficient (Wildman–Crippen LogP) is 3.73. The largest absolute Gasteiger partial charge is 0.352 e. The van der Waals surface area contributed by atoms with E-state index < -0.39 is 0 Å². The molecule has 2 rings (SSSR count). The van der Waals surface area contributed by atoms with E-state index in [1.54, 1.807) is 48.5 Å². The van der Waals surface area contributed by atoms with E-state index in [4.69, 9.17) is 11.6 Å². The van der Waals surface area contributed by atoms with Crippen LogP contribution in [0.2, 0.25) is 5.02 Å². The van der Waals surface area contributed by atoms with Crippen molar-refractivity contribution < 1.29 is 9.59 Å². The minimum absolute atomic E-state index is 0.178. The summed E-state index contributed by atoms with van der Waals surface area (Å²) in [7, 11) is 0. The molecule has 0 aliphatic carbocycles. The normalized spacial score (nSPS) is 10.1. The molecule has 0 spiro atoms. The summed E-state index contributed by atoms with van der Waals surface area (Å²) in [5.41, 5.74) is 1.55. The maximum absolute atomic E-state index is 12.2. The third-order valence-electron chi connectivity index (χ3n) is 3.02. The maximum atomic E-state index is 12.2. The van der Waals surface area contributed by atoms with Gasteiger partial charge in [-0.15, -0.1) is 0 Å². The Balaban J connectivity index is 2.09. The molecule has 0 saturated heterocycles. The highest BCUT2D eigenvalue weighted by Crippen LogP contribution is 2.15. The SMILES string of the molecule is CCCNC(=O)c1cccc(C(=O)Nc2ccc(Cl)cc2)c1. The second-order valence-corrected chi connectivity index (χ2v) is 5.23. The highest BCUT2D eigenvalue weighted by atomic mass is 35.5. The molecule has 2 aromatic carbocycles. The van der Waals surface area contributed by atoms with Crippen LogP contribution < -0.4 is 10.6 Å². The van der Waals surface area contributed by atoms with Crippen molar-refractivity contribution in [2.45, 2.75) is 13.3 Å². The lowest BCUT2D eigenvalue weighted by Gasteiger charge is -2.07. The first-order chi connectivity index (χ1) is 10.6. The van der Waals surface area contributed by atoms with E-state index in [2.05, 4.69) is 10.6 Å². The van der Waals surface area contributed by atoms with Gasteiger partial charge in [-0.1, -0.05) is 24.6 Å². The molecule has 2 amide bonds. The number of carbonyl (C=O) groups is 2. The minimum Gasteiger partial charge on any atom is -0.352 e. The number of hydrogen-bond donors (Lipinski definition) is 2.